The lowest BCUT2D eigenvalue weighted by molar-refractivity contribution is 0.185. The smallest absolute Gasteiger partial charge is 0.193 e. The maximum Gasteiger partial charge on any atom is 0.193 e. The zero-order valence-electron chi connectivity index (χ0n) is 16.7. The van der Waals surface area contributed by atoms with Gasteiger partial charge in [-0.25, -0.2) is 0 Å². The van der Waals surface area contributed by atoms with Crippen LogP contribution in [0.15, 0.2) is 29.3 Å². The summed E-state index contributed by atoms with van der Waals surface area (Å²) in [6.45, 7) is 7.82. The van der Waals surface area contributed by atoms with Gasteiger partial charge in [0.15, 0.2) is 5.96 Å². The Morgan fingerprint density at radius 2 is 1.92 bits per heavy atom. The third-order valence-corrected chi connectivity index (χ3v) is 4.95. The molecular formula is C20H35IN4O. The lowest BCUT2D eigenvalue weighted by Gasteiger charge is -2.32. The molecule has 1 aliphatic rings. The molecule has 0 unspecified atom stereocenters. The van der Waals surface area contributed by atoms with Crippen molar-refractivity contribution in [1.82, 2.24) is 15.1 Å². The number of nitrogens with one attached hydrogen (secondary N) is 1. The van der Waals surface area contributed by atoms with E-state index in [-0.39, 0.29) is 24.0 Å². The first kappa shape index (κ1) is 23.0. The van der Waals surface area contributed by atoms with Crippen molar-refractivity contribution in [1.29, 1.82) is 0 Å². The fourth-order valence-electron chi connectivity index (χ4n) is 3.43. The molecule has 0 aromatic heterocycles. The van der Waals surface area contributed by atoms with Gasteiger partial charge in [0.25, 0.3) is 0 Å². The number of nitrogens with zero attached hydrogens (tertiary/aromatic N) is 3. The molecule has 1 saturated heterocycles. The molecule has 1 aromatic carbocycles. The van der Waals surface area contributed by atoms with E-state index in [0.717, 1.165) is 30.7 Å². The van der Waals surface area contributed by atoms with Gasteiger partial charge in [-0.2, -0.15) is 0 Å². The van der Waals surface area contributed by atoms with E-state index in [1.807, 2.05) is 19.2 Å². The van der Waals surface area contributed by atoms with Crippen LogP contribution in [0.3, 0.4) is 0 Å². The van der Waals surface area contributed by atoms with Crippen LogP contribution >= 0.6 is 24.0 Å². The van der Waals surface area contributed by atoms with E-state index in [2.05, 4.69) is 46.2 Å². The van der Waals surface area contributed by atoms with Crippen LogP contribution in [0.4, 0.5) is 0 Å². The fourth-order valence-corrected chi connectivity index (χ4v) is 3.43. The number of aliphatic imine (C=N–C) groups is 1. The second-order valence-electron chi connectivity index (χ2n) is 6.92. The van der Waals surface area contributed by atoms with E-state index in [4.69, 9.17) is 4.74 Å². The number of ether oxygens (including phenoxy) is 1. The van der Waals surface area contributed by atoms with Gasteiger partial charge in [-0.3, -0.25) is 4.99 Å². The van der Waals surface area contributed by atoms with Crippen LogP contribution < -0.4 is 10.1 Å². The highest BCUT2D eigenvalue weighted by atomic mass is 127. The molecule has 148 valence electrons. The van der Waals surface area contributed by atoms with Crippen molar-refractivity contribution in [2.24, 2.45) is 10.9 Å². The summed E-state index contributed by atoms with van der Waals surface area (Å²) in [4.78, 5) is 9.20. The molecule has 0 aliphatic carbocycles. The van der Waals surface area contributed by atoms with E-state index in [0.29, 0.717) is 0 Å². The molecule has 0 bridgehead atoms. The topological polar surface area (TPSA) is 40.1 Å². The zero-order chi connectivity index (χ0) is 18.1. The van der Waals surface area contributed by atoms with Crippen molar-refractivity contribution in [2.75, 3.05) is 47.4 Å². The standard InChI is InChI=1S/C20H34N4O.HI/c1-5-12-24-13-10-17(11-14-24)15-22-20(21-2)23(3)16-18-6-8-19(25-4)9-7-18;/h6-9,17H,5,10-16H2,1-4H3,(H,21,22);1H. The number of halogens is 1. The lowest BCUT2D eigenvalue weighted by Crippen LogP contribution is -2.43. The van der Waals surface area contributed by atoms with Crippen LogP contribution in [-0.2, 0) is 6.54 Å². The molecule has 2 rings (SSSR count). The molecular weight excluding hydrogens is 439 g/mol. The SMILES string of the molecule is CCCN1CCC(CNC(=NC)N(C)Cc2ccc(OC)cc2)CC1.I. The Balaban J connectivity index is 0.00000338. The minimum Gasteiger partial charge on any atom is -0.497 e. The summed E-state index contributed by atoms with van der Waals surface area (Å²) in [6, 6.07) is 8.21. The second kappa shape index (κ2) is 12.4. The van der Waals surface area contributed by atoms with E-state index in [1.165, 1.54) is 44.5 Å². The van der Waals surface area contributed by atoms with E-state index >= 15 is 0 Å². The quantitative estimate of drug-likeness (QED) is 0.374. The summed E-state index contributed by atoms with van der Waals surface area (Å²) in [5.74, 6) is 2.61. The number of methoxy groups -OCH3 is 1. The average Bonchev–Trinajstić information content (AvgIpc) is 2.64. The Morgan fingerprint density at radius 1 is 1.27 bits per heavy atom. The number of benzene rings is 1. The number of piperidine rings is 1. The minimum atomic E-state index is 0. The number of hydrogen-bond donors (Lipinski definition) is 1. The first-order valence-corrected chi connectivity index (χ1v) is 9.43. The molecule has 5 nitrogen and oxygen atoms in total. The fraction of sp³-hybridized carbons (Fsp3) is 0.650. The molecule has 0 radical (unpaired) electrons. The van der Waals surface area contributed by atoms with Crippen LogP contribution in [0.25, 0.3) is 0 Å². The minimum absolute atomic E-state index is 0. The molecule has 1 N–H and O–H groups in total. The number of likely N-dealkylation sites (tertiary alicyclic amines) is 1. The van der Waals surface area contributed by atoms with Gasteiger partial charge in [0.2, 0.25) is 0 Å². The summed E-state index contributed by atoms with van der Waals surface area (Å²) < 4.78 is 5.22. The van der Waals surface area contributed by atoms with E-state index in [9.17, 15) is 0 Å². The molecule has 1 aromatic rings. The summed E-state index contributed by atoms with van der Waals surface area (Å²) >= 11 is 0. The van der Waals surface area contributed by atoms with Crippen LogP contribution in [0, 0.1) is 5.92 Å². The molecule has 0 atom stereocenters. The van der Waals surface area contributed by atoms with Crippen molar-refractivity contribution in [3.8, 4) is 5.75 Å². The number of hydrogen-bond acceptors (Lipinski definition) is 3. The monoisotopic (exact) mass is 474 g/mol. The highest BCUT2D eigenvalue weighted by Gasteiger charge is 2.19. The third-order valence-electron chi connectivity index (χ3n) is 4.95. The van der Waals surface area contributed by atoms with Crippen molar-refractivity contribution in [3.05, 3.63) is 29.8 Å². The van der Waals surface area contributed by atoms with Gasteiger partial charge >= 0.3 is 0 Å². The van der Waals surface area contributed by atoms with Crippen LogP contribution in [0.5, 0.6) is 5.75 Å². The van der Waals surface area contributed by atoms with Gasteiger partial charge in [0, 0.05) is 27.2 Å². The Kier molecular flexibility index (Phi) is 11.0. The van der Waals surface area contributed by atoms with Gasteiger partial charge in [-0.15, -0.1) is 24.0 Å². The maximum atomic E-state index is 5.22. The second-order valence-corrected chi connectivity index (χ2v) is 6.92. The zero-order valence-corrected chi connectivity index (χ0v) is 19.0. The normalized spacial score (nSPS) is 16.1. The Bertz CT molecular complexity index is 527. The predicted octanol–water partition coefficient (Wildman–Crippen LogP) is 3.44. The Morgan fingerprint density at radius 3 is 2.46 bits per heavy atom. The number of guanidine groups is 1. The first-order chi connectivity index (χ1) is 12.2. The van der Waals surface area contributed by atoms with Crippen molar-refractivity contribution < 1.29 is 4.74 Å². The van der Waals surface area contributed by atoms with Gasteiger partial charge in [0.05, 0.1) is 7.11 Å². The molecule has 0 amide bonds. The molecule has 1 heterocycles. The first-order valence-electron chi connectivity index (χ1n) is 9.43. The van der Waals surface area contributed by atoms with Crippen molar-refractivity contribution >= 4 is 29.9 Å². The van der Waals surface area contributed by atoms with Gasteiger partial charge < -0.3 is 19.9 Å². The maximum absolute atomic E-state index is 5.22. The Hall–Kier alpha value is -1.02. The highest BCUT2D eigenvalue weighted by Crippen LogP contribution is 2.17. The summed E-state index contributed by atoms with van der Waals surface area (Å²) in [5.41, 5.74) is 1.25. The summed E-state index contributed by atoms with van der Waals surface area (Å²) in [6.07, 6.45) is 3.82. The molecule has 1 aliphatic heterocycles. The van der Waals surface area contributed by atoms with Gasteiger partial charge in [-0.1, -0.05) is 19.1 Å². The molecule has 6 heteroatoms. The largest absolute Gasteiger partial charge is 0.497 e. The molecule has 0 spiro atoms. The van der Waals surface area contributed by atoms with E-state index in [1.54, 1.807) is 7.11 Å². The van der Waals surface area contributed by atoms with Crippen LogP contribution in [0.2, 0.25) is 0 Å². The third kappa shape index (κ3) is 7.31. The average molecular weight is 474 g/mol. The lowest BCUT2D eigenvalue weighted by atomic mass is 9.97. The molecule has 26 heavy (non-hydrogen) atoms. The molecule has 0 saturated carbocycles. The molecule has 1 fully saturated rings. The van der Waals surface area contributed by atoms with Gasteiger partial charge in [0.1, 0.15) is 5.75 Å². The van der Waals surface area contributed by atoms with E-state index < -0.39 is 0 Å². The van der Waals surface area contributed by atoms with Crippen molar-refractivity contribution in [2.45, 2.75) is 32.7 Å². The Labute approximate surface area is 176 Å². The predicted molar refractivity (Wildman–Crippen MR) is 121 cm³/mol. The highest BCUT2D eigenvalue weighted by molar-refractivity contribution is 14.0. The van der Waals surface area contributed by atoms with Crippen LogP contribution in [-0.4, -0.2) is 63.1 Å². The van der Waals surface area contributed by atoms with Crippen LogP contribution in [0.1, 0.15) is 31.7 Å². The summed E-state index contributed by atoms with van der Waals surface area (Å²) in [5, 5.41) is 3.56. The van der Waals surface area contributed by atoms with Gasteiger partial charge in [-0.05, 0) is 62.5 Å². The summed E-state index contributed by atoms with van der Waals surface area (Å²) in [7, 11) is 5.64. The number of rotatable bonds is 7. The van der Waals surface area contributed by atoms with Crippen molar-refractivity contribution in [3.63, 3.8) is 0 Å².